The Labute approximate surface area is 97.9 Å². The van der Waals surface area contributed by atoms with E-state index in [9.17, 15) is 9.36 Å². The van der Waals surface area contributed by atoms with Crippen molar-refractivity contribution in [2.24, 2.45) is 0 Å². The maximum absolute atomic E-state index is 11.5. The molecule has 0 aliphatic carbocycles. The summed E-state index contributed by atoms with van der Waals surface area (Å²) >= 11 is 5.69. The Morgan fingerprint density at radius 2 is 1.94 bits per heavy atom. The molecule has 1 aromatic rings. The predicted molar refractivity (Wildman–Crippen MR) is 58.5 cm³/mol. The second-order valence-electron chi connectivity index (χ2n) is 2.70. The van der Waals surface area contributed by atoms with E-state index in [-0.39, 0.29) is 5.56 Å². The average molecular weight is 265 g/mol. The third-order valence-electron chi connectivity index (χ3n) is 1.70. The Hall–Kier alpha value is -0.870. The molecule has 0 saturated carbocycles. The summed E-state index contributed by atoms with van der Waals surface area (Å²) in [5.41, 5.74) is 0.168. The first-order chi connectivity index (χ1) is 7.50. The van der Waals surface area contributed by atoms with Crippen LogP contribution in [-0.4, -0.2) is 20.2 Å². The number of phosphoric acid groups is 1. The SMILES string of the molecule is COP(=O)(OC)OC(=O)c1cccc(Cl)c1. The third-order valence-corrected chi connectivity index (χ3v) is 3.22. The Bertz CT molecular complexity index is 426. The van der Waals surface area contributed by atoms with Crippen LogP contribution in [0.1, 0.15) is 10.4 Å². The van der Waals surface area contributed by atoms with E-state index in [4.69, 9.17) is 11.6 Å². The van der Waals surface area contributed by atoms with Gasteiger partial charge in [0.05, 0.1) is 5.56 Å². The van der Waals surface area contributed by atoms with E-state index < -0.39 is 13.8 Å². The molecule has 0 aliphatic heterocycles. The van der Waals surface area contributed by atoms with Gasteiger partial charge in [0.25, 0.3) is 0 Å². The quantitative estimate of drug-likeness (QED) is 0.783. The predicted octanol–water partition coefficient (Wildman–Crippen LogP) is 2.90. The molecule has 5 nitrogen and oxygen atoms in total. The molecular weight excluding hydrogens is 255 g/mol. The number of phosphoric ester groups is 1. The van der Waals surface area contributed by atoms with Crippen LogP contribution in [0.2, 0.25) is 5.02 Å². The van der Waals surface area contributed by atoms with Gasteiger partial charge < -0.3 is 4.52 Å². The van der Waals surface area contributed by atoms with Crippen molar-refractivity contribution in [2.75, 3.05) is 14.2 Å². The zero-order valence-corrected chi connectivity index (χ0v) is 10.3. The maximum Gasteiger partial charge on any atom is 0.531 e. The van der Waals surface area contributed by atoms with E-state index in [1.807, 2.05) is 0 Å². The molecule has 7 heteroatoms. The van der Waals surface area contributed by atoms with Crippen LogP contribution in [0.5, 0.6) is 0 Å². The van der Waals surface area contributed by atoms with Gasteiger partial charge in [-0.15, -0.1) is 0 Å². The fraction of sp³-hybridized carbons (Fsp3) is 0.222. The van der Waals surface area contributed by atoms with E-state index >= 15 is 0 Å². The lowest BCUT2D eigenvalue weighted by molar-refractivity contribution is 0.0642. The molecule has 88 valence electrons. The molecule has 0 aromatic heterocycles. The molecule has 0 radical (unpaired) electrons. The van der Waals surface area contributed by atoms with Gasteiger partial charge >= 0.3 is 13.8 Å². The monoisotopic (exact) mass is 264 g/mol. The fourth-order valence-electron chi connectivity index (χ4n) is 0.919. The number of carbonyl (C=O) groups is 1. The molecule has 0 N–H and O–H groups in total. The van der Waals surface area contributed by atoms with Crippen LogP contribution in [0.4, 0.5) is 0 Å². The zero-order valence-electron chi connectivity index (χ0n) is 8.68. The minimum absolute atomic E-state index is 0.168. The Kier molecular flexibility index (Phi) is 4.50. The van der Waals surface area contributed by atoms with Gasteiger partial charge in [0.2, 0.25) is 0 Å². The van der Waals surface area contributed by atoms with Gasteiger partial charge in [0, 0.05) is 19.2 Å². The summed E-state index contributed by atoms with van der Waals surface area (Å²) in [7, 11) is -1.57. The largest absolute Gasteiger partial charge is 0.531 e. The first-order valence-corrected chi connectivity index (χ1v) is 6.05. The van der Waals surface area contributed by atoms with Gasteiger partial charge in [-0.05, 0) is 18.2 Å². The van der Waals surface area contributed by atoms with Crippen LogP contribution < -0.4 is 0 Å². The number of benzene rings is 1. The lowest BCUT2D eigenvalue weighted by atomic mass is 10.2. The second kappa shape index (κ2) is 5.46. The Morgan fingerprint density at radius 3 is 2.44 bits per heavy atom. The van der Waals surface area contributed by atoms with Gasteiger partial charge in [0.1, 0.15) is 0 Å². The highest BCUT2D eigenvalue weighted by Gasteiger charge is 2.28. The zero-order chi connectivity index (χ0) is 12.2. The highest BCUT2D eigenvalue weighted by Crippen LogP contribution is 2.48. The lowest BCUT2D eigenvalue weighted by Gasteiger charge is -2.12. The first-order valence-electron chi connectivity index (χ1n) is 4.22. The van der Waals surface area contributed by atoms with Gasteiger partial charge in [-0.3, -0.25) is 9.05 Å². The topological polar surface area (TPSA) is 61.8 Å². The molecule has 0 heterocycles. The molecule has 0 amide bonds. The number of carbonyl (C=O) groups excluding carboxylic acids is 1. The van der Waals surface area contributed by atoms with Gasteiger partial charge in [0.15, 0.2) is 0 Å². The highest BCUT2D eigenvalue weighted by molar-refractivity contribution is 7.49. The van der Waals surface area contributed by atoms with Crippen molar-refractivity contribution in [3.05, 3.63) is 34.9 Å². The minimum Gasteiger partial charge on any atom is -0.367 e. The first kappa shape index (κ1) is 13.2. The van der Waals surface area contributed by atoms with Crippen molar-refractivity contribution < 1.29 is 22.9 Å². The number of rotatable bonds is 4. The molecule has 0 bridgehead atoms. The normalized spacial score (nSPS) is 11.2. The molecule has 0 spiro atoms. The summed E-state index contributed by atoms with van der Waals surface area (Å²) < 4.78 is 25.0. The number of halogens is 1. The van der Waals surface area contributed by atoms with Crippen LogP contribution in [0.25, 0.3) is 0 Å². The standard InChI is InChI=1S/C9H10ClO5P/c1-13-16(12,14-2)15-9(11)7-4-3-5-8(10)6-7/h3-6H,1-2H3. The van der Waals surface area contributed by atoms with Crippen LogP contribution in [-0.2, 0) is 18.1 Å². The summed E-state index contributed by atoms with van der Waals surface area (Å²) in [6.07, 6.45) is 0. The van der Waals surface area contributed by atoms with Gasteiger partial charge in [-0.2, -0.15) is 0 Å². The van der Waals surface area contributed by atoms with Crippen LogP contribution in [0.15, 0.2) is 24.3 Å². The van der Waals surface area contributed by atoms with Crippen molar-refractivity contribution in [3.8, 4) is 0 Å². The molecule has 1 aromatic carbocycles. The molecule has 1 rings (SSSR count). The molecular formula is C9H10ClO5P. The van der Waals surface area contributed by atoms with E-state index in [0.717, 1.165) is 14.2 Å². The number of hydrogen-bond donors (Lipinski definition) is 0. The smallest absolute Gasteiger partial charge is 0.367 e. The fourth-order valence-corrected chi connectivity index (χ4v) is 1.72. The summed E-state index contributed by atoms with van der Waals surface area (Å²) in [5, 5.41) is 0.374. The summed E-state index contributed by atoms with van der Waals surface area (Å²) in [6.45, 7) is 0. The van der Waals surface area contributed by atoms with Crippen molar-refractivity contribution in [3.63, 3.8) is 0 Å². The van der Waals surface area contributed by atoms with Crippen molar-refractivity contribution >= 4 is 25.4 Å². The molecule has 0 fully saturated rings. The van der Waals surface area contributed by atoms with Crippen LogP contribution >= 0.6 is 19.4 Å². The van der Waals surface area contributed by atoms with E-state index in [1.54, 1.807) is 12.1 Å². The maximum atomic E-state index is 11.5. The third kappa shape index (κ3) is 3.32. The number of hydrogen-bond acceptors (Lipinski definition) is 5. The van der Waals surface area contributed by atoms with E-state index in [0.29, 0.717) is 5.02 Å². The lowest BCUT2D eigenvalue weighted by Crippen LogP contribution is -2.05. The molecule has 16 heavy (non-hydrogen) atoms. The Balaban J connectivity index is 2.84. The highest BCUT2D eigenvalue weighted by atomic mass is 35.5. The van der Waals surface area contributed by atoms with Crippen molar-refractivity contribution in [1.82, 2.24) is 0 Å². The van der Waals surface area contributed by atoms with Crippen molar-refractivity contribution in [1.29, 1.82) is 0 Å². The van der Waals surface area contributed by atoms with Gasteiger partial charge in [-0.1, -0.05) is 17.7 Å². The van der Waals surface area contributed by atoms with Gasteiger partial charge in [-0.25, -0.2) is 9.36 Å². The minimum atomic E-state index is -3.81. The van der Waals surface area contributed by atoms with Crippen LogP contribution in [0, 0.1) is 0 Å². The molecule has 0 unspecified atom stereocenters. The van der Waals surface area contributed by atoms with Crippen LogP contribution in [0.3, 0.4) is 0 Å². The summed E-state index contributed by atoms with van der Waals surface area (Å²) in [4.78, 5) is 11.5. The van der Waals surface area contributed by atoms with E-state index in [2.05, 4.69) is 13.6 Å². The van der Waals surface area contributed by atoms with E-state index in [1.165, 1.54) is 12.1 Å². The molecule has 0 atom stereocenters. The summed E-state index contributed by atoms with van der Waals surface area (Å²) in [6, 6.07) is 6.04. The Morgan fingerprint density at radius 1 is 1.31 bits per heavy atom. The average Bonchev–Trinajstić information content (AvgIpc) is 2.29. The van der Waals surface area contributed by atoms with Crippen molar-refractivity contribution in [2.45, 2.75) is 0 Å². The molecule has 0 saturated heterocycles. The molecule has 0 aliphatic rings. The summed E-state index contributed by atoms with van der Waals surface area (Å²) in [5.74, 6) is -0.825. The second-order valence-corrected chi connectivity index (χ2v) is 4.95.